The Morgan fingerprint density at radius 3 is 2.44 bits per heavy atom. The molecule has 6 heteroatoms. The van der Waals surface area contributed by atoms with Crippen LogP contribution in [0.25, 0.3) is 0 Å². The highest BCUT2D eigenvalue weighted by molar-refractivity contribution is 7.99. The fourth-order valence-corrected chi connectivity index (χ4v) is 1.54. The standard InChI is InChI=1S/C10H19NO4S/c1-14-7-6-11(9(12)8-16-3)5-4-10(13)15-2/h4-8H2,1-3H3. The summed E-state index contributed by atoms with van der Waals surface area (Å²) in [5.41, 5.74) is 0. The number of carbonyl (C=O) groups is 2. The Bertz CT molecular complexity index is 223. The van der Waals surface area contributed by atoms with E-state index in [1.54, 1.807) is 12.0 Å². The lowest BCUT2D eigenvalue weighted by molar-refractivity contribution is -0.141. The molecular formula is C10H19NO4S. The first-order valence-corrected chi connectivity index (χ1v) is 6.37. The summed E-state index contributed by atoms with van der Waals surface area (Å²) in [7, 11) is 2.92. The number of hydrogen-bond donors (Lipinski definition) is 0. The molecule has 0 aromatic carbocycles. The molecule has 0 aliphatic rings. The molecule has 0 aliphatic heterocycles. The number of hydrogen-bond acceptors (Lipinski definition) is 5. The molecule has 0 aromatic heterocycles. The highest BCUT2D eigenvalue weighted by Crippen LogP contribution is 2.00. The minimum absolute atomic E-state index is 0.0217. The Hall–Kier alpha value is -0.750. The Morgan fingerprint density at radius 2 is 1.94 bits per heavy atom. The fraction of sp³-hybridized carbons (Fsp3) is 0.800. The normalized spacial score (nSPS) is 9.94. The maximum atomic E-state index is 11.6. The maximum absolute atomic E-state index is 11.6. The number of ether oxygens (including phenoxy) is 2. The first kappa shape index (κ1) is 15.2. The van der Waals surface area contributed by atoms with Crippen molar-refractivity contribution in [2.45, 2.75) is 6.42 Å². The van der Waals surface area contributed by atoms with Crippen molar-refractivity contribution in [3.63, 3.8) is 0 Å². The van der Waals surface area contributed by atoms with Gasteiger partial charge in [-0.15, -0.1) is 0 Å². The van der Waals surface area contributed by atoms with E-state index in [2.05, 4.69) is 4.74 Å². The molecule has 0 aromatic rings. The average molecular weight is 249 g/mol. The van der Waals surface area contributed by atoms with E-state index in [1.807, 2.05) is 6.26 Å². The second kappa shape index (κ2) is 9.47. The van der Waals surface area contributed by atoms with Crippen LogP contribution in [0.4, 0.5) is 0 Å². The Labute approximate surface area is 100 Å². The summed E-state index contributed by atoms with van der Waals surface area (Å²) in [6.45, 7) is 1.36. The Kier molecular flexibility index (Phi) is 9.03. The van der Waals surface area contributed by atoms with Gasteiger partial charge in [0.15, 0.2) is 0 Å². The van der Waals surface area contributed by atoms with E-state index >= 15 is 0 Å². The summed E-state index contributed by atoms with van der Waals surface area (Å²) in [5.74, 6) is 0.137. The quantitative estimate of drug-likeness (QED) is 0.582. The number of rotatable bonds is 8. The fourth-order valence-electron chi connectivity index (χ4n) is 1.11. The second-order valence-electron chi connectivity index (χ2n) is 3.13. The highest BCUT2D eigenvalue weighted by atomic mass is 32.2. The predicted octanol–water partition coefficient (Wildman–Crippen LogP) is 0.387. The van der Waals surface area contributed by atoms with Crippen LogP contribution < -0.4 is 0 Å². The number of carbonyl (C=O) groups excluding carboxylic acids is 2. The van der Waals surface area contributed by atoms with E-state index in [-0.39, 0.29) is 18.3 Å². The van der Waals surface area contributed by atoms with E-state index in [0.717, 1.165) is 0 Å². The second-order valence-corrected chi connectivity index (χ2v) is 4.00. The van der Waals surface area contributed by atoms with Crippen molar-refractivity contribution in [3.05, 3.63) is 0 Å². The lowest BCUT2D eigenvalue weighted by Gasteiger charge is -2.21. The molecule has 0 fully saturated rings. The van der Waals surface area contributed by atoms with Crippen LogP contribution in [0.15, 0.2) is 0 Å². The third kappa shape index (κ3) is 6.68. The summed E-state index contributed by atoms with van der Waals surface area (Å²) in [4.78, 5) is 24.2. The van der Waals surface area contributed by atoms with E-state index in [4.69, 9.17) is 4.74 Å². The minimum atomic E-state index is -0.306. The van der Waals surface area contributed by atoms with Crippen molar-refractivity contribution in [2.24, 2.45) is 0 Å². The summed E-state index contributed by atoms with van der Waals surface area (Å²) in [6.07, 6.45) is 2.09. The third-order valence-electron chi connectivity index (χ3n) is 2.00. The lowest BCUT2D eigenvalue weighted by Crippen LogP contribution is -2.36. The first-order chi connectivity index (χ1) is 7.65. The molecule has 5 nitrogen and oxygen atoms in total. The van der Waals surface area contributed by atoms with Gasteiger partial charge >= 0.3 is 5.97 Å². The van der Waals surface area contributed by atoms with Gasteiger partial charge in [0.25, 0.3) is 0 Å². The van der Waals surface area contributed by atoms with Crippen LogP contribution in [0.5, 0.6) is 0 Å². The van der Waals surface area contributed by atoms with Gasteiger partial charge in [-0.3, -0.25) is 9.59 Å². The van der Waals surface area contributed by atoms with Gasteiger partial charge in [-0.05, 0) is 6.26 Å². The summed E-state index contributed by atoms with van der Waals surface area (Å²) >= 11 is 1.46. The van der Waals surface area contributed by atoms with Crippen LogP contribution in [0.3, 0.4) is 0 Å². The number of thioether (sulfide) groups is 1. The predicted molar refractivity (Wildman–Crippen MR) is 63.5 cm³/mol. The first-order valence-electron chi connectivity index (χ1n) is 4.98. The number of esters is 1. The molecule has 94 valence electrons. The topological polar surface area (TPSA) is 55.8 Å². The molecule has 1 amide bonds. The van der Waals surface area contributed by atoms with Crippen LogP contribution >= 0.6 is 11.8 Å². The summed E-state index contributed by atoms with van der Waals surface area (Å²) in [5, 5.41) is 0. The van der Waals surface area contributed by atoms with Gasteiger partial charge in [0.05, 0.1) is 25.9 Å². The van der Waals surface area contributed by atoms with Crippen LogP contribution in [-0.4, -0.2) is 62.7 Å². The number of amides is 1. The molecular weight excluding hydrogens is 230 g/mol. The molecule has 0 atom stereocenters. The van der Waals surface area contributed by atoms with Gasteiger partial charge in [-0.2, -0.15) is 11.8 Å². The van der Waals surface area contributed by atoms with Gasteiger partial charge in [0, 0.05) is 20.2 Å². The Morgan fingerprint density at radius 1 is 1.25 bits per heavy atom. The zero-order valence-electron chi connectivity index (χ0n) is 10.0. The van der Waals surface area contributed by atoms with Crippen molar-refractivity contribution >= 4 is 23.6 Å². The van der Waals surface area contributed by atoms with Gasteiger partial charge in [-0.1, -0.05) is 0 Å². The molecule has 0 aliphatic carbocycles. The van der Waals surface area contributed by atoms with Gasteiger partial charge in [0.1, 0.15) is 0 Å². The molecule has 0 rings (SSSR count). The summed E-state index contributed by atoms with van der Waals surface area (Å²) < 4.78 is 9.45. The van der Waals surface area contributed by atoms with Gasteiger partial charge < -0.3 is 14.4 Å². The highest BCUT2D eigenvalue weighted by Gasteiger charge is 2.14. The molecule has 0 saturated carbocycles. The van der Waals surface area contributed by atoms with Crippen LogP contribution in [0.2, 0.25) is 0 Å². The van der Waals surface area contributed by atoms with Crippen LogP contribution in [0.1, 0.15) is 6.42 Å². The van der Waals surface area contributed by atoms with E-state index in [9.17, 15) is 9.59 Å². The third-order valence-corrected chi connectivity index (χ3v) is 2.53. The van der Waals surface area contributed by atoms with Crippen molar-refractivity contribution in [1.82, 2.24) is 4.90 Å². The zero-order chi connectivity index (χ0) is 12.4. The summed E-state index contributed by atoms with van der Waals surface area (Å²) in [6, 6.07) is 0. The van der Waals surface area contributed by atoms with Gasteiger partial charge in [0.2, 0.25) is 5.91 Å². The molecule has 0 N–H and O–H groups in total. The lowest BCUT2D eigenvalue weighted by atomic mass is 10.3. The molecule has 0 bridgehead atoms. The van der Waals surface area contributed by atoms with Crippen molar-refractivity contribution in [2.75, 3.05) is 45.9 Å². The maximum Gasteiger partial charge on any atom is 0.307 e. The molecule has 0 heterocycles. The van der Waals surface area contributed by atoms with Gasteiger partial charge in [-0.25, -0.2) is 0 Å². The van der Waals surface area contributed by atoms with Crippen molar-refractivity contribution < 1.29 is 19.1 Å². The monoisotopic (exact) mass is 249 g/mol. The largest absolute Gasteiger partial charge is 0.469 e. The van der Waals surface area contributed by atoms with Crippen molar-refractivity contribution in [3.8, 4) is 0 Å². The van der Waals surface area contributed by atoms with Crippen LogP contribution in [-0.2, 0) is 19.1 Å². The zero-order valence-corrected chi connectivity index (χ0v) is 10.8. The SMILES string of the molecule is COCCN(CCC(=O)OC)C(=O)CSC. The number of methoxy groups -OCH3 is 2. The van der Waals surface area contributed by atoms with E-state index in [0.29, 0.717) is 25.4 Å². The molecule has 16 heavy (non-hydrogen) atoms. The van der Waals surface area contributed by atoms with Crippen LogP contribution in [0, 0.1) is 0 Å². The van der Waals surface area contributed by atoms with Crippen molar-refractivity contribution in [1.29, 1.82) is 0 Å². The molecule has 0 saturated heterocycles. The molecule has 0 unspecified atom stereocenters. The minimum Gasteiger partial charge on any atom is -0.469 e. The molecule has 0 spiro atoms. The smallest absolute Gasteiger partial charge is 0.307 e. The average Bonchev–Trinajstić information content (AvgIpc) is 2.29. The Balaban J connectivity index is 4.08. The number of nitrogens with zero attached hydrogens (tertiary/aromatic N) is 1. The molecule has 0 radical (unpaired) electrons. The van der Waals surface area contributed by atoms with E-state index in [1.165, 1.54) is 18.9 Å². The van der Waals surface area contributed by atoms with E-state index < -0.39 is 0 Å².